The first kappa shape index (κ1) is 13.6. The Kier molecular flexibility index (Phi) is 4.23. The van der Waals surface area contributed by atoms with Crippen molar-refractivity contribution >= 4 is 17.4 Å². The molecule has 2 rings (SSSR count). The molecule has 0 amide bonds. The van der Waals surface area contributed by atoms with Gasteiger partial charge in [0.2, 0.25) is 0 Å². The van der Waals surface area contributed by atoms with Crippen molar-refractivity contribution < 1.29 is 9.53 Å². The quantitative estimate of drug-likeness (QED) is 0.783. The largest absolute Gasteiger partial charge is 0.496 e. The average molecular weight is 275 g/mol. The van der Waals surface area contributed by atoms with E-state index in [0.29, 0.717) is 21.9 Å². The summed E-state index contributed by atoms with van der Waals surface area (Å²) in [6.07, 6.45) is 0.880. The fourth-order valence-corrected chi connectivity index (χ4v) is 2.04. The van der Waals surface area contributed by atoms with Crippen molar-refractivity contribution in [2.45, 2.75) is 13.3 Å². The molecule has 0 fully saturated rings. The van der Waals surface area contributed by atoms with E-state index in [0.717, 1.165) is 12.0 Å². The first-order valence-corrected chi connectivity index (χ1v) is 6.50. The third-order valence-electron chi connectivity index (χ3n) is 3.02. The van der Waals surface area contributed by atoms with Crippen LogP contribution in [-0.4, -0.2) is 12.9 Å². The van der Waals surface area contributed by atoms with Crippen LogP contribution in [0.5, 0.6) is 5.75 Å². The van der Waals surface area contributed by atoms with Crippen molar-refractivity contribution in [2.24, 2.45) is 0 Å². The number of hydrogen-bond donors (Lipinski definition) is 0. The van der Waals surface area contributed by atoms with E-state index in [1.807, 2.05) is 18.2 Å². The monoisotopic (exact) mass is 274 g/mol. The molecule has 2 aromatic rings. The molecule has 0 unspecified atom stereocenters. The molecule has 2 aromatic carbocycles. The molecular formula is C16H15ClO2. The van der Waals surface area contributed by atoms with Gasteiger partial charge in [-0.05, 0) is 48.4 Å². The molecule has 3 heteroatoms. The number of benzene rings is 2. The normalized spacial score (nSPS) is 10.3. The first-order chi connectivity index (χ1) is 9.15. The molecule has 2 nitrogen and oxygen atoms in total. The number of methoxy groups -OCH3 is 1. The predicted octanol–water partition coefficient (Wildman–Crippen LogP) is 4.14. The van der Waals surface area contributed by atoms with Crippen LogP contribution in [0.15, 0.2) is 42.5 Å². The van der Waals surface area contributed by atoms with Crippen LogP contribution in [0, 0.1) is 0 Å². The summed E-state index contributed by atoms with van der Waals surface area (Å²) in [5.41, 5.74) is 2.30. The highest BCUT2D eigenvalue weighted by Gasteiger charge is 2.14. The van der Waals surface area contributed by atoms with Gasteiger partial charge in [0.1, 0.15) is 5.75 Å². The molecule has 0 aliphatic heterocycles. The van der Waals surface area contributed by atoms with Crippen LogP contribution in [0.3, 0.4) is 0 Å². The van der Waals surface area contributed by atoms with Crippen LogP contribution in [0.2, 0.25) is 5.02 Å². The number of rotatable bonds is 4. The summed E-state index contributed by atoms with van der Waals surface area (Å²) >= 11 is 5.83. The Bertz CT molecular complexity index is 588. The summed E-state index contributed by atoms with van der Waals surface area (Å²) in [5.74, 6) is 0.543. The summed E-state index contributed by atoms with van der Waals surface area (Å²) in [4.78, 5) is 12.5. The minimum absolute atomic E-state index is 0.0520. The maximum absolute atomic E-state index is 12.5. The zero-order valence-electron chi connectivity index (χ0n) is 10.9. The van der Waals surface area contributed by atoms with Gasteiger partial charge < -0.3 is 4.74 Å². The number of halogens is 1. The van der Waals surface area contributed by atoms with Crippen molar-refractivity contribution in [2.75, 3.05) is 7.11 Å². The van der Waals surface area contributed by atoms with Crippen LogP contribution in [-0.2, 0) is 6.42 Å². The molecule has 0 atom stereocenters. The molecule has 0 spiro atoms. The zero-order chi connectivity index (χ0) is 13.8. The van der Waals surface area contributed by atoms with Crippen LogP contribution in [0.4, 0.5) is 0 Å². The molecule has 0 bridgehead atoms. The van der Waals surface area contributed by atoms with E-state index < -0.39 is 0 Å². The van der Waals surface area contributed by atoms with Crippen LogP contribution < -0.4 is 4.74 Å². The molecule has 98 valence electrons. The highest BCUT2D eigenvalue weighted by molar-refractivity contribution is 6.30. The van der Waals surface area contributed by atoms with Crippen molar-refractivity contribution in [3.8, 4) is 5.75 Å². The SMILES string of the molecule is CCc1ccc(OC)c(C(=O)c2ccc(Cl)cc2)c1. The number of aryl methyl sites for hydroxylation is 1. The lowest BCUT2D eigenvalue weighted by Gasteiger charge is -2.09. The smallest absolute Gasteiger partial charge is 0.196 e. The number of carbonyl (C=O) groups excluding carboxylic acids is 1. The summed E-state index contributed by atoms with van der Waals surface area (Å²) < 4.78 is 5.26. The Labute approximate surface area is 118 Å². The van der Waals surface area contributed by atoms with E-state index in [9.17, 15) is 4.79 Å². The van der Waals surface area contributed by atoms with E-state index in [2.05, 4.69) is 6.92 Å². The van der Waals surface area contributed by atoms with Gasteiger partial charge in [-0.15, -0.1) is 0 Å². The minimum atomic E-state index is -0.0520. The van der Waals surface area contributed by atoms with E-state index in [-0.39, 0.29) is 5.78 Å². The maximum Gasteiger partial charge on any atom is 0.196 e. The summed E-state index contributed by atoms with van der Waals surface area (Å²) in [6, 6.07) is 12.6. The molecule has 19 heavy (non-hydrogen) atoms. The Morgan fingerprint density at radius 1 is 1.16 bits per heavy atom. The molecular weight excluding hydrogens is 260 g/mol. The number of ether oxygens (including phenoxy) is 1. The molecule has 0 aromatic heterocycles. The van der Waals surface area contributed by atoms with Gasteiger partial charge in [-0.25, -0.2) is 0 Å². The number of ketones is 1. The topological polar surface area (TPSA) is 26.3 Å². The average Bonchev–Trinajstić information content (AvgIpc) is 2.46. The zero-order valence-corrected chi connectivity index (χ0v) is 11.7. The second-order valence-electron chi connectivity index (χ2n) is 4.22. The first-order valence-electron chi connectivity index (χ1n) is 6.13. The van der Waals surface area contributed by atoms with Crippen molar-refractivity contribution in [1.82, 2.24) is 0 Å². The predicted molar refractivity (Wildman–Crippen MR) is 77.3 cm³/mol. The summed E-state index contributed by atoms with van der Waals surface area (Å²) in [7, 11) is 1.57. The van der Waals surface area contributed by atoms with Crippen LogP contribution in [0.25, 0.3) is 0 Å². The molecule has 0 aliphatic carbocycles. The highest BCUT2D eigenvalue weighted by Crippen LogP contribution is 2.24. The van der Waals surface area contributed by atoms with Crippen LogP contribution >= 0.6 is 11.6 Å². The van der Waals surface area contributed by atoms with E-state index in [1.165, 1.54) is 0 Å². The Hall–Kier alpha value is -1.80. The highest BCUT2D eigenvalue weighted by atomic mass is 35.5. The van der Waals surface area contributed by atoms with Gasteiger partial charge in [0.25, 0.3) is 0 Å². The summed E-state index contributed by atoms with van der Waals surface area (Å²) in [6.45, 7) is 2.05. The lowest BCUT2D eigenvalue weighted by molar-refractivity contribution is 0.103. The van der Waals surface area contributed by atoms with Gasteiger partial charge in [0.15, 0.2) is 5.78 Å². The van der Waals surface area contributed by atoms with Gasteiger partial charge in [0, 0.05) is 10.6 Å². The minimum Gasteiger partial charge on any atom is -0.496 e. The Balaban J connectivity index is 2.44. The second kappa shape index (κ2) is 5.89. The molecule has 0 saturated heterocycles. The molecule has 0 saturated carbocycles. The standard InChI is InChI=1S/C16H15ClO2/c1-3-11-4-9-15(19-2)14(10-11)16(18)12-5-7-13(17)8-6-12/h4-10H,3H2,1-2H3. The number of carbonyl (C=O) groups is 1. The lowest BCUT2D eigenvalue weighted by atomic mass is 9.99. The molecule has 0 radical (unpaired) electrons. The maximum atomic E-state index is 12.5. The lowest BCUT2D eigenvalue weighted by Crippen LogP contribution is -2.04. The second-order valence-corrected chi connectivity index (χ2v) is 4.66. The van der Waals surface area contributed by atoms with Gasteiger partial charge >= 0.3 is 0 Å². The van der Waals surface area contributed by atoms with Crippen molar-refractivity contribution in [1.29, 1.82) is 0 Å². The fraction of sp³-hybridized carbons (Fsp3) is 0.188. The van der Waals surface area contributed by atoms with E-state index >= 15 is 0 Å². The molecule has 0 aliphatic rings. The number of hydrogen-bond acceptors (Lipinski definition) is 2. The van der Waals surface area contributed by atoms with E-state index in [4.69, 9.17) is 16.3 Å². The van der Waals surface area contributed by atoms with Crippen LogP contribution in [0.1, 0.15) is 28.4 Å². The Morgan fingerprint density at radius 2 is 1.84 bits per heavy atom. The molecule has 0 N–H and O–H groups in total. The summed E-state index contributed by atoms with van der Waals surface area (Å²) in [5, 5.41) is 0.617. The van der Waals surface area contributed by atoms with Gasteiger partial charge in [-0.3, -0.25) is 4.79 Å². The van der Waals surface area contributed by atoms with E-state index in [1.54, 1.807) is 31.4 Å². The third-order valence-corrected chi connectivity index (χ3v) is 3.28. The Morgan fingerprint density at radius 3 is 2.42 bits per heavy atom. The third kappa shape index (κ3) is 2.96. The molecule has 0 heterocycles. The van der Waals surface area contributed by atoms with Gasteiger partial charge in [-0.1, -0.05) is 24.6 Å². The fourth-order valence-electron chi connectivity index (χ4n) is 1.91. The van der Waals surface area contributed by atoms with Gasteiger partial charge in [-0.2, -0.15) is 0 Å². The van der Waals surface area contributed by atoms with Crippen molar-refractivity contribution in [3.05, 3.63) is 64.2 Å². The van der Waals surface area contributed by atoms with Gasteiger partial charge in [0.05, 0.1) is 12.7 Å². The van der Waals surface area contributed by atoms with Crippen molar-refractivity contribution in [3.63, 3.8) is 0 Å².